The lowest BCUT2D eigenvalue weighted by atomic mass is 10.4. The van der Waals surface area contributed by atoms with E-state index in [1.54, 1.807) is 6.20 Å². The lowest BCUT2D eigenvalue weighted by Crippen LogP contribution is -2.27. The molecule has 1 heterocycles. The Morgan fingerprint density at radius 2 is 2.50 bits per heavy atom. The van der Waals surface area contributed by atoms with Gasteiger partial charge in [0.2, 0.25) is 0 Å². The highest BCUT2D eigenvalue weighted by Crippen LogP contribution is 2.04. The summed E-state index contributed by atoms with van der Waals surface area (Å²) in [6.45, 7) is 3.62. The van der Waals surface area contributed by atoms with Crippen LogP contribution in [-0.4, -0.2) is 17.1 Å². The smallest absolute Gasteiger partial charge is 0.147 e. The fourth-order valence-corrected chi connectivity index (χ4v) is 0.603. The van der Waals surface area contributed by atoms with Crippen molar-refractivity contribution in [3.63, 3.8) is 0 Å². The maximum Gasteiger partial charge on any atom is 0.147 e. The number of aliphatic imine (C=N–C) groups is 1. The van der Waals surface area contributed by atoms with E-state index >= 15 is 0 Å². The predicted octanol–water partition coefficient (Wildman–Crippen LogP) is 0.251. The Hall–Kier alpha value is -1.58. The SMILES string of the molecule is C=C1C(N)=NC=CN1C=N. The van der Waals surface area contributed by atoms with Crippen LogP contribution in [0, 0.1) is 5.41 Å². The molecular formula is C6H8N4. The van der Waals surface area contributed by atoms with E-state index in [1.807, 2.05) is 0 Å². The van der Waals surface area contributed by atoms with Crippen LogP contribution in [-0.2, 0) is 0 Å². The number of nitrogens with two attached hydrogens (primary N) is 1. The third kappa shape index (κ3) is 0.907. The summed E-state index contributed by atoms with van der Waals surface area (Å²) in [5.41, 5.74) is 5.94. The fraction of sp³-hybridized carbons (Fsp3) is 0. The van der Waals surface area contributed by atoms with Crippen molar-refractivity contribution in [3.05, 3.63) is 24.7 Å². The van der Waals surface area contributed by atoms with Crippen molar-refractivity contribution in [2.45, 2.75) is 0 Å². The van der Waals surface area contributed by atoms with Gasteiger partial charge < -0.3 is 10.6 Å². The van der Waals surface area contributed by atoms with Crippen molar-refractivity contribution in [1.82, 2.24) is 4.90 Å². The third-order valence-electron chi connectivity index (χ3n) is 1.19. The van der Waals surface area contributed by atoms with E-state index in [4.69, 9.17) is 11.1 Å². The molecule has 0 bridgehead atoms. The van der Waals surface area contributed by atoms with Crippen LogP contribution in [0.2, 0.25) is 0 Å². The largest absolute Gasteiger partial charge is 0.382 e. The summed E-state index contributed by atoms with van der Waals surface area (Å²) in [7, 11) is 0. The lowest BCUT2D eigenvalue weighted by Gasteiger charge is -2.18. The Morgan fingerprint density at radius 1 is 1.80 bits per heavy atom. The molecule has 0 saturated carbocycles. The first-order chi connectivity index (χ1) is 4.75. The third-order valence-corrected chi connectivity index (χ3v) is 1.19. The summed E-state index contributed by atoms with van der Waals surface area (Å²) in [5, 5.41) is 6.90. The van der Waals surface area contributed by atoms with Gasteiger partial charge in [-0.3, -0.25) is 5.41 Å². The lowest BCUT2D eigenvalue weighted by molar-refractivity contribution is 0.733. The molecule has 0 aromatic heterocycles. The quantitative estimate of drug-likeness (QED) is 0.401. The highest BCUT2D eigenvalue weighted by Gasteiger charge is 2.07. The van der Waals surface area contributed by atoms with E-state index in [0.29, 0.717) is 11.5 Å². The van der Waals surface area contributed by atoms with Crippen LogP contribution in [0.1, 0.15) is 0 Å². The van der Waals surface area contributed by atoms with E-state index in [-0.39, 0.29) is 0 Å². The van der Waals surface area contributed by atoms with Crippen molar-refractivity contribution in [3.8, 4) is 0 Å². The molecule has 4 heteroatoms. The Labute approximate surface area is 58.9 Å². The molecular weight excluding hydrogens is 128 g/mol. The maximum atomic E-state index is 6.90. The summed E-state index contributed by atoms with van der Waals surface area (Å²) in [5.74, 6) is 0.353. The van der Waals surface area contributed by atoms with Gasteiger partial charge in [-0.2, -0.15) is 0 Å². The van der Waals surface area contributed by atoms with Gasteiger partial charge in [-0.25, -0.2) is 4.99 Å². The highest BCUT2D eigenvalue weighted by atomic mass is 15.2. The van der Waals surface area contributed by atoms with E-state index < -0.39 is 0 Å². The summed E-state index contributed by atoms with van der Waals surface area (Å²) in [6.07, 6.45) is 4.26. The van der Waals surface area contributed by atoms with Gasteiger partial charge in [-0.1, -0.05) is 6.58 Å². The minimum atomic E-state index is 0.353. The molecule has 1 rings (SSSR count). The van der Waals surface area contributed by atoms with E-state index in [1.165, 1.54) is 11.1 Å². The monoisotopic (exact) mass is 136 g/mol. The standard InChI is InChI=1S/C6H8N4/c1-5-6(8)9-2-3-10(5)4-7/h2-4,7H,1H2,(H2,8,9). The zero-order chi connectivity index (χ0) is 7.56. The minimum absolute atomic E-state index is 0.353. The van der Waals surface area contributed by atoms with Crippen molar-refractivity contribution in [2.24, 2.45) is 10.7 Å². The Bertz CT molecular complexity index is 226. The molecule has 0 spiro atoms. The molecule has 0 amide bonds. The number of nitrogens with zero attached hydrogens (tertiary/aromatic N) is 2. The molecule has 0 aromatic carbocycles. The van der Waals surface area contributed by atoms with Gasteiger partial charge in [-0.05, 0) is 0 Å². The van der Waals surface area contributed by atoms with Crippen LogP contribution in [0.15, 0.2) is 29.7 Å². The van der Waals surface area contributed by atoms with Gasteiger partial charge >= 0.3 is 0 Å². The number of rotatable bonds is 1. The minimum Gasteiger partial charge on any atom is -0.382 e. The number of hydrogen-bond donors (Lipinski definition) is 2. The molecule has 0 aliphatic carbocycles. The second-order valence-corrected chi connectivity index (χ2v) is 1.80. The predicted molar refractivity (Wildman–Crippen MR) is 40.5 cm³/mol. The topological polar surface area (TPSA) is 65.5 Å². The maximum absolute atomic E-state index is 6.90. The summed E-state index contributed by atoms with van der Waals surface area (Å²) >= 11 is 0. The number of amidine groups is 1. The molecule has 1 aliphatic heterocycles. The van der Waals surface area contributed by atoms with Crippen LogP contribution in [0.5, 0.6) is 0 Å². The molecule has 0 atom stereocenters. The Morgan fingerprint density at radius 3 is 3.00 bits per heavy atom. The Balaban J connectivity index is 2.88. The molecule has 0 unspecified atom stereocenters. The van der Waals surface area contributed by atoms with Gasteiger partial charge in [0.1, 0.15) is 5.84 Å². The van der Waals surface area contributed by atoms with Crippen LogP contribution < -0.4 is 5.73 Å². The van der Waals surface area contributed by atoms with E-state index in [2.05, 4.69) is 11.6 Å². The first-order valence-electron chi connectivity index (χ1n) is 2.74. The molecule has 0 fully saturated rings. The molecule has 0 aromatic rings. The number of nitrogens with one attached hydrogen (secondary N) is 1. The molecule has 0 radical (unpaired) electrons. The molecule has 10 heavy (non-hydrogen) atoms. The fourth-order valence-electron chi connectivity index (χ4n) is 0.603. The summed E-state index contributed by atoms with van der Waals surface area (Å²) < 4.78 is 0. The summed E-state index contributed by atoms with van der Waals surface area (Å²) in [4.78, 5) is 5.27. The summed E-state index contributed by atoms with van der Waals surface area (Å²) in [6, 6.07) is 0. The zero-order valence-electron chi connectivity index (χ0n) is 5.41. The molecule has 3 N–H and O–H groups in total. The first-order valence-corrected chi connectivity index (χ1v) is 2.74. The van der Waals surface area contributed by atoms with Gasteiger partial charge in [0.05, 0.1) is 12.0 Å². The van der Waals surface area contributed by atoms with Crippen LogP contribution in [0.3, 0.4) is 0 Å². The average molecular weight is 136 g/mol. The van der Waals surface area contributed by atoms with Gasteiger partial charge in [0.25, 0.3) is 0 Å². The molecule has 4 nitrogen and oxygen atoms in total. The second kappa shape index (κ2) is 2.34. The zero-order valence-corrected chi connectivity index (χ0v) is 5.41. The highest BCUT2D eigenvalue weighted by molar-refractivity contribution is 5.99. The van der Waals surface area contributed by atoms with Gasteiger partial charge in [-0.15, -0.1) is 0 Å². The Kier molecular flexibility index (Phi) is 1.53. The van der Waals surface area contributed by atoms with E-state index in [0.717, 1.165) is 6.34 Å². The second-order valence-electron chi connectivity index (χ2n) is 1.80. The van der Waals surface area contributed by atoms with Crippen LogP contribution >= 0.6 is 0 Å². The molecule has 0 saturated heterocycles. The van der Waals surface area contributed by atoms with Gasteiger partial charge in [0, 0.05) is 12.4 Å². The van der Waals surface area contributed by atoms with Crippen LogP contribution in [0.4, 0.5) is 0 Å². The van der Waals surface area contributed by atoms with E-state index in [9.17, 15) is 0 Å². The van der Waals surface area contributed by atoms with Crippen LogP contribution in [0.25, 0.3) is 0 Å². The van der Waals surface area contributed by atoms with Gasteiger partial charge in [0.15, 0.2) is 0 Å². The van der Waals surface area contributed by atoms with Crippen molar-refractivity contribution < 1.29 is 0 Å². The van der Waals surface area contributed by atoms with Crippen molar-refractivity contribution >= 4 is 12.2 Å². The molecule has 52 valence electrons. The average Bonchev–Trinajstić information content (AvgIpc) is 1.95. The van der Waals surface area contributed by atoms with Crippen molar-refractivity contribution in [2.75, 3.05) is 0 Å². The first kappa shape index (κ1) is 6.54. The van der Waals surface area contributed by atoms with Crippen molar-refractivity contribution in [1.29, 1.82) is 5.41 Å². The number of hydrogen-bond acceptors (Lipinski definition) is 3. The normalized spacial score (nSPS) is 17.0. The molecule has 1 aliphatic rings.